The molecule has 1 aromatic heterocycles. The highest BCUT2D eigenvalue weighted by atomic mass is 35.5. The fourth-order valence-electron chi connectivity index (χ4n) is 3.25. The van der Waals surface area contributed by atoms with Gasteiger partial charge in [0, 0.05) is 17.3 Å². The fraction of sp³-hybridized carbons (Fsp3) is 0.304. The van der Waals surface area contributed by atoms with Crippen molar-refractivity contribution in [3.8, 4) is 5.75 Å². The lowest BCUT2D eigenvalue weighted by Gasteiger charge is -2.16. The van der Waals surface area contributed by atoms with Gasteiger partial charge in [-0.25, -0.2) is 0 Å². The lowest BCUT2D eigenvalue weighted by Crippen LogP contribution is -2.29. The summed E-state index contributed by atoms with van der Waals surface area (Å²) in [5.41, 5.74) is 1.94. The quantitative estimate of drug-likeness (QED) is 0.431. The number of nitrogens with one attached hydrogen (secondary N) is 2. The highest BCUT2D eigenvalue weighted by molar-refractivity contribution is 7.99. The standard InChI is InChI=1S/C23H26ClN5O3S/c1-5-29-21(15(3)25-22(31)16-9-6-7-12-19(16)32-4)27-28-23(29)33-13-20(30)26-18-11-8-10-17(24)14(18)2/h6-12,15H,5,13H2,1-4H3,(H,25,31)(H,26,30)/t15-/m0/s1. The van der Waals surface area contributed by atoms with Gasteiger partial charge >= 0.3 is 0 Å². The summed E-state index contributed by atoms with van der Waals surface area (Å²) in [7, 11) is 1.52. The number of halogens is 1. The number of hydrogen-bond acceptors (Lipinski definition) is 6. The minimum Gasteiger partial charge on any atom is -0.496 e. The van der Waals surface area contributed by atoms with E-state index in [-0.39, 0.29) is 17.6 Å². The molecular formula is C23H26ClN5O3S. The number of benzene rings is 2. The molecule has 0 spiro atoms. The van der Waals surface area contributed by atoms with Gasteiger partial charge in [-0.3, -0.25) is 9.59 Å². The van der Waals surface area contributed by atoms with Crippen LogP contribution in [0.15, 0.2) is 47.6 Å². The highest BCUT2D eigenvalue weighted by Gasteiger charge is 2.21. The number of para-hydroxylation sites is 1. The Morgan fingerprint density at radius 3 is 2.67 bits per heavy atom. The fourth-order valence-corrected chi connectivity index (χ4v) is 4.24. The van der Waals surface area contributed by atoms with Crippen molar-refractivity contribution in [2.24, 2.45) is 0 Å². The van der Waals surface area contributed by atoms with Gasteiger partial charge in [0.15, 0.2) is 11.0 Å². The number of carbonyl (C=O) groups is 2. The smallest absolute Gasteiger partial charge is 0.255 e. The van der Waals surface area contributed by atoms with Crippen LogP contribution in [-0.2, 0) is 11.3 Å². The molecule has 0 unspecified atom stereocenters. The van der Waals surface area contributed by atoms with Gasteiger partial charge in [0.1, 0.15) is 5.75 Å². The minimum absolute atomic E-state index is 0.159. The number of thioether (sulfide) groups is 1. The Hall–Kier alpha value is -3.04. The molecule has 8 nitrogen and oxygen atoms in total. The number of ether oxygens (including phenoxy) is 1. The van der Waals surface area contributed by atoms with Gasteiger partial charge in [0.25, 0.3) is 5.91 Å². The van der Waals surface area contributed by atoms with E-state index in [9.17, 15) is 9.59 Å². The van der Waals surface area contributed by atoms with Crippen LogP contribution in [0.1, 0.15) is 41.6 Å². The number of anilines is 1. The molecule has 0 aliphatic heterocycles. The van der Waals surface area contributed by atoms with E-state index in [2.05, 4.69) is 20.8 Å². The maximum Gasteiger partial charge on any atom is 0.255 e. The van der Waals surface area contributed by atoms with Crippen molar-refractivity contribution in [2.45, 2.75) is 38.5 Å². The van der Waals surface area contributed by atoms with Crippen LogP contribution >= 0.6 is 23.4 Å². The highest BCUT2D eigenvalue weighted by Crippen LogP contribution is 2.25. The lowest BCUT2D eigenvalue weighted by atomic mass is 10.1. The molecule has 0 aliphatic carbocycles. The van der Waals surface area contributed by atoms with Crippen LogP contribution in [0.5, 0.6) is 5.75 Å². The summed E-state index contributed by atoms with van der Waals surface area (Å²) < 4.78 is 7.16. The molecule has 2 amide bonds. The summed E-state index contributed by atoms with van der Waals surface area (Å²) in [6.07, 6.45) is 0. The van der Waals surface area contributed by atoms with Gasteiger partial charge in [0.05, 0.1) is 24.5 Å². The van der Waals surface area contributed by atoms with Crippen molar-refractivity contribution in [3.05, 3.63) is 64.4 Å². The Bertz CT molecular complexity index is 1150. The normalized spacial score (nSPS) is 11.7. The van der Waals surface area contributed by atoms with Gasteiger partial charge < -0.3 is 19.9 Å². The molecule has 10 heteroatoms. The molecule has 0 radical (unpaired) electrons. The molecule has 33 heavy (non-hydrogen) atoms. The van der Waals surface area contributed by atoms with Crippen LogP contribution in [0.25, 0.3) is 0 Å². The van der Waals surface area contributed by atoms with Gasteiger partial charge in [0.2, 0.25) is 5.91 Å². The number of amides is 2. The number of nitrogens with zero attached hydrogens (tertiary/aromatic N) is 3. The van der Waals surface area contributed by atoms with Crippen molar-refractivity contribution in [2.75, 3.05) is 18.2 Å². The summed E-state index contributed by atoms with van der Waals surface area (Å²) >= 11 is 7.40. The molecular weight excluding hydrogens is 462 g/mol. The molecule has 1 heterocycles. The van der Waals surface area contributed by atoms with Crippen LogP contribution < -0.4 is 15.4 Å². The number of carbonyl (C=O) groups excluding carboxylic acids is 2. The zero-order valence-corrected chi connectivity index (χ0v) is 20.5. The molecule has 0 saturated heterocycles. The van der Waals surface area contributed by atoms with Gasteiger partial charge in [-0.1, -0.05) is 41.6 Å². The van der Waals surface area contributed by atoms with E-state index in [4.69, 9.17) is 16.3 Å². The maximum absolute atomic E-state index is 12.7. The average Bonchev–Trinajstić information content (AvgIpc) is 3.23. The van der Waals surface area contributed by atoms with Crippen molar-refractivity contribution in [3.63, 3.8) is 0 Å². The Balaban J connectivity index is 1.66. The van der Waals surface area contributed by atoms with Crippen molar-refractivity contribution in [1.82, 2.24) is 20.1 Å². The summed E-state index contributed by atoms with van der Waals surface area (Å²) in [5.74, 6) is 0.823. The first-order valence-corrected chi connectivity index (χ1v) is 11.8. The zero-order valence-electron chi connectivity index (χ0n) is 18.9. The Morgan fingerprint density at radius 1 is 1.18 bits per heavy atom. The second-order valence-electron chi connectivity index (χ2n) is 7.23. The van der Waals surface area contributed by atoms with E-state index >= 15 is 0 Å². The van der Waals surface area contributed by atoms with Crippen LogP contribution in [-0.4, -0.2) is 39.4 Å². The summed E-state index contributed by atoms with van der Waals surface area (Å²) in [5, 5.41) is 15.5. The van der Waals surface area contributed by atoms with E-state index in [1.807, 2.05) is 31.4 Å². The predicted octanol–water partition coefficient (Wildman–Crippen LogP) is 4.49. The van der Waals surface area contributed by atoms with Crippen LogP contribution in [0.4, 0.5) is 5.69 Å². The topological polar surface area (TPSA) is 98.1 Å². The first-order chi connectivity index (χ1) is 15.8. The number of aromatic nitrogens is 3. The van der Waals surface area contributed by atoms with Gasteiger partial charge in [-0.2, -0.15) is 0 Å². The number of hydrogen-bond donors (Lipinski definition) is 2. The average molecular weight is 488 g/mol. The molecule has 174 valence electrons. The first kappa shape index (κ1) is 24.6. The third-order valence-corrected chi connectivity index (χ3v) is 6.40. The zero-order chi connectivity index (χ0) is 24.0. The van der Waals surface area contributed by atoms with E-state index in [0.29, 0.717) is 39.5 Å². The van der Waals surface area contributed by atoms with Crippen LogP contribution in [0.2, 0.25) is 5.02 Å². The molecule has 0 aliphatic rings. The van der Waals surface area contributed by atoms with E-state index in [0.717, 1.165) is 5.56 Å². The Labute approximate surface area is 202 Å². The van der Waals surface area contributed by atoms with E-state index in [1.165, 1.54) is 18.9 Å². The molecule has 0 saturated carbocycles. The molecule has 3 aromatic rings. The molecule has 3 rings (SSSR count). The van der Waals surface area contributed by atoms with Crippen LogP contribution in [0, 0.1) is 6.92 Å². The SMILES string of the molecule is CCn1c(SCC(=O)Nc2cccc(Cl)c2C)nnc1[C@H](C)NC(=O)c1ccccc1OC. The van der Waals surface area contributed by atoms with Gasteiger partial charge in [-0.05, 0) is 50.6 Å². The summed E-state index contributed by atoms with van der Waals surface area (Å²) in [6, 6.07) is 12.0. The largest absolute Gasteiger partial charge is 0.496 e. The Morgan fingerprint density at radius 2 is 1.94 bits per heavy atom. The lowest BCUT2D eigenvalue weighted by molar-refractivity contribution is -0.113. The molecule has 0 bridgehead atoms. The van der Waals surface area contributed by atoms with E-state index < -0.39 is 6.04 Å². The number of rotatable bonds is 9. The Kier molecular flexibility index (Phi) is 8.35. The predicted molar refractivity (Wildman–Crippen MR) is 130 cm³/mol. The van der Waals surface area contributed by atoms with E-state index in [1.54, 1.807) is 36.4 Å². The third kappa shape index (κ3) is 5.85. The third-order valence-electron chi connectivity index (χ3n) is 5.02. The molecule has 1 atom stereocenters. The van der Waals surface area contributed by atoms with Crippen molar-refractivity contribution in [1.29, 1.82) is 0 Å². The van der Waals surface area contributed by atoms with Crippen LogP contribution in [0.3, 0.4) is 0 Å². The summed E-state index contributed by atoms with van der Waals surface area (Å²) in [6.45, 7) is 6.24. The molecule has 2 N–H and O–H groups in total. The minimum atomic E-state index is -0.396. The van der Waals surface area contributed by atoms with Crippen molar-refractivity contribution < 1.29 is 14.3 Å². The second kappa shape index (κ2) is 11.2. The first-order valence-electron chi connectivity index (χ1n) is 10.4. The number of methoxy groups -OCH3 is 1. The van der Waals surface area contributed by atoms with Crippen molar-refractivity contribution >= 4 is 40.9 Å². The monoisotopic (exact) mass is 487 g/mol. The maximum atomic E-state index is 12.7. The molecule has 0 fully saturated rings. The van der Waals surface area contributed by atoms with Gasteiger partial charge in [-0.15, -0.1) is 10.2 Å². The summed E-state index contributed by atoms with van der Waals surface area (Å²) in [4.78, 5) is 25.2. The second-order valence-corrected chi connectivity index (χ2v) is 8.58. The molecule has 2 aromatic carbocycles.